The van der Waals surface area contributed by atoms with Crippen LogP contribution in [0.1, 0.15) is 34.1 Å². The molecule has 6 heteroatoms. The monoisotopic (exact) mass is 309 g/mol. The number of aromatic amines is 1. The highest BCUT2D eigenvalue weighted by Crippen LogP contribution is 2.27. The van der Waals surface area contributed by atoms with E-state index in [0.29, 0.717) is 12.2 Å². The SMILES string of the molecule is Cc1ccc2[nH]c(C(=O)N3CCC(n4cncn4)C3)c(C)c2c1. The van der Waals surface area contributed by atoms with Gasteiger partial charge in [-0.05, 0) is 38.0 Å². The average molecular weight is 309 g/mol. The highest BCUT2D eigenvalue weighted by molar-refractivity contribution is 6.01. The van der Waals surface area contributed by atoms with Crippen molar-refractivity contribution in [1.29, 1.82) is 0 Å². The van der Waals surface area contributed by atoms with Gasteiger partial charge in [0.25, 0.3) is 5.91 Å². The first-order valence-electron chi connectivity index (χ1n) is 7.86. The van der Waals surface area contributed by atoms with Crippen LogP contribution in [0.25, 0.3) is 10.9 Å². The number of amides is 1. The summed E-state index contributed by atoms with van der Waals surface area (Å²) in [6.07, 6.45) is 4.16. The van der Waals surface area contributed by atoms with Crippen LogP contribution < -0.4 is 0 Å². The second kappa shape index (κ2) is 5.22. The Bertz CT molecular complexity index is 865. The maximum absolute atomic E-state index is 12.9. The molecule has 1 aromatic carbocycles. The third-order valence-corrected chi connectivity index (χ3v) is 4.69. The van der Waals surface area contributed by atoms with E-state index in [1.54, 1.807) is 6.33 Å². The standard InChI is InChI=1S/C17H19N5O/c1-11-3-4-15-14(7-11)12(2)16(20-15)17(23)21-6-5-13(8-21)22-10-18-9-19-22/h3-4,7,9-10,13,20H,5-6,8H2,1-2H3. The third kappa shape index (κ3) is 2.30. The zero-order valence-electron chi connectivity index (χ0n) is 13.3. The molecular formula is C17H19N5O. The first-order chi connectivity index (χ1) is 11.1. The summed E-state index contributed by atoms with van der Waals surface area (Å²) in [6.45, 7) is 5.50. The Kier molecular flexibility index (Phi) is 3.18. The molecule has 2 aromatic heterocycles. The van der Waals surface area contributed by atoms with Crippen LogP contribution in [0, 0.1) is 13.8 Å². The summed E-state index contributed by atoms with van der Waals surface area (Å²) in [5, 5.41) is 5.31. The molecule has 0 radical (unpaired) electrons. The number of aromatic nitrogens is 4. The van der Waals surface area contributed by atoms with Gasteiger partial charge in [0.15, 0.2) is 0 Å². The number of carbonyl (C=O) groups excluding carboxylic acids is 1. The van der Waals surface area contributed by atoms with E-state index in [1.165, 1.54) is 11.9 Å². The zero-order chi connectivity index (χ0) is 16.0. The Balaban J connectivity index is 1.61. The molecule has 1 fully saturated rings. The molecule has 1 atom stereocenters. The summed E-state index contributed by atoms with van der Waals surface area (Å²) in [5.74, 6) is 0.0685. The van der Waals surface area contributed by atoms with Gasteiger partial charge >= 0.3 is 0 Å². The second-order valence-electron chi connectivity index (χ2n) is 6.24. The van der Waals surface area contributed by atoms with Gasteiger partial charge in [0.05, 0.1) is 6.04 Å². The van der Waals surface area contributed by atoms with Gasteiger partial charge in [-0.15, -0.1) is 0 Å². The summed E-state index contributed by atoms with van der Waals surface area (Å²) in [7, 11) is 0. The van der Waals surface area contributed by atoms with E-state index in [2.05, 4.69) is 34.1 Å². The van der Waals surface area contributed by atoms with Crippen LogP contribution in [0.5, 0.6) is 0 Å². The molecule has 1 N–H and O–H groups in total. The van der Waals surface area contributed by atoms with Crippen molar-refractivity contribution in [3.8, 4) is 0 Å². The van der Waals surface area contributed by atoms with E-state index in [0.717, 1.165) is 29.4 Å². The number of aryl methyl sites for hydroxylation is 2. The highest BCUT2D eigenvalue weighted by atomic mass is 16.2. The van der Waals surface area contributed by atoms with Crippen molar-refractivity contribution in [3.63, 3.8) is 0 Å². The molecule has 118 valence electrons. The smallest absolute Gasteiger partial charge is 0.270 e. The predicted octanol–water partition coefficient (Wildman–Crippen LogP) is 2.46. The Morgan fingerprint density at radius 1 is 1.35 bits per heavy atom. The number of carbonyl (C=O) groups is 1. The first kappa shape index (κ1) is 14.0. The van der Waals surface area contributed by atoms with Crippen LogP contribution in [0.4, 0.5) is 0 Å². The van der Waals surface area contributed by atoms with Gasteiger partial charge in [0.1, 0.15) is 18.3 Å². The maximum Gasteiger partial charge on any atom is 0.270 e. The molecule has 0 spiro atoms. The van der Waals surface area contributed by atoms with E-state index in [1.807, 2.05) is 22.6 Å². The number of hydrogen-bond donors (Lipinski definition) is 1. The number of nitrogens with one attached hydrogen (secondary N) is 1. The first-order valence-corrected chi connectivity index (χ1v) is 7.86. The van der Waals surface area contributed by atoms with Crippen molar-refractivity contribution < 1.29 is 4.79 Å². The minimum Gasteiger partial charge on any atom is -0.350 e. The molecule has 3 heterocycles. The Morgan fingerprint density at radius 2 is 2.22 bits per heavy atom. The van der Waals surface area contributed by atoms with Gasteiger partial charge < -0.3 is 9.88 Å². The molecule has 3 aromatic rings. The molecule has 1 amide bonds. The second-order valence-corrected chi connectivity index (χ2v) is 6.24. The fourth-order valence-corrected chi connectivity index (χ4v) is 3.36. The molecule has 23 heavy (non-hydrogen) atoms. The number of likely N-dealkylation sites (tertiary alicyclic amines) is 1. The lowest BCUT2D eigenvalue weighted by Crippen LogP contribution is -2.30. The molecule has 1 saturated heterocycles. The number of H-pyrrole nitrogens is 1. The van der Waals surface area contributed by atoms with E-state index in [9.17, 15) is 4.79 Å². The lowest BCUT2D eigenvalue weighted by Gasteiger charge is -2.16. The summed E-state index contributed by atoms with van der Waals surface area (Å²) in [4.78, 5) is 22.1. The number of benzene rings is 1. The molecule has 0 aliphatic carbocycles. The van der Waals surface area contributed by atoms with Gasteiger partial charge in [-0.2, -0.15) is 5.10 Å². The van der Waals surface area contributed by atoms with Crippen molar-refractivity contribution in [2.75, 3.05) is 13.1 Å². The van der Waals surface area contributed by atoms with Crippen LogP contribution in [0.15, 0.2) is 30.9 Å². The van der Waals surface area contributed by atoms with Crippen LogP contribution in [0.3, 0.4) is 0 Å². The lowest BCUT2D eigenvalue weighted by atomic mass is 10.1. The topological polar surface area (TPSA) is 66.8 Å². The molecular weight excluding hydrogens is 290 g/mol. The summed E-state index contributed by atoms with van der Waals surface area (Å²) < 4.78 is 1.84. The normalized spacial score (nSPS) is 18.0. The van der Waals surface area contributed by atoms with Crippen LogP contribution >= 0.6 is 0 Å². The van der Waals surface area contributed by atoms with Crippen LogP contribution in [-0.2, 0) is 0 Å². The van der Waals surface area contributed by atoms with Crippen molar-refractivity contribution >= 4 is 16.8 Å². The summed E-state index contributed by atoms with van der Waals surface area (Å²) >= 11 is 0. The van der Waals surface area contributed by atoms with Crippen molar-refractivity contribution in [3.05, 3.63) is 47.7 Å². The lowest BCUT2D eigenvalue weighted by molar-refractivity contribution is 0.0781. The molecule has 6 nitrogen and oxygen atoms in total. The van der Waals surface area contributed by atoms with Crippen molar-refractivity contribution in [2.24, 2.45) is 0 Å². The van der Waals surface area contributed by atoms with Gasteiger partial charge in [-0.1, -0.05) is 11.6 Å². The molecule has 1 aliphatic heterocycles. The predicted molar refractivity (Wildman–Crippen MR) is 87.4 cm³/mol. The van der Waals surface area contributed by atoms with Crippen LogP contribution in [-0.4, -0.2) is 43.6 Å². The fourth-order valence-electron chi connectivity index (χ4n) is 3.36. The van der Waals surface area contributed by atoms with Crippen LogP contribution in [0.2, 0.25) is 0 Å². The zero-order valence-corrected chi connectivity index (χ0v) is 13.3. The van der Waals surface area contributed by atoms with E-state index in [-0.39, 0.29) is 11.9 Å². The van der Waals surface area contributed by atoms with E-state index < -0.39 is 0 Å². The fraction of sp³-hybridized carbons (Fsp3) is 0.353. The number of nitrogens with zero attached hydrogens (tertiary/aromatic N) is 4. The maximum atomic E-state index is 12.9. The highest BCUT2D eigenvalue weighted by Gasteiger charge is 2.30. The molecule has 1 unspecified atom stereocenters. The molecule has 0 saturated carbocycles. The minimum absolute atomic E-state index is 0.0685. The van der Waals surface area contributed by atoms with Gasteiger partial charge in [-0.3, -0.25) is 4.79 Å². The van der Waals surface area contributed by atoms with Gasteiger partial charge in [-0.25, -0.2) is 9.67 Å². The summed E-state index contributed by atoms with van der Waals surface area (Å²) in [5.41, 5.74) is 3.94. The number of fused-ring (bicyclic) bond motifs is 1. The molecule has 1 aliphatic rings. The average Bonchev–Trinajstić information content (AvgIpc) is 3.26. The molecule has 0 bridgehead atoms. The summed E-state index contributed by atoms with van der Waals surface area (Å²) in [6, 6.07) is 6.44. The Morgan fingerprint density at radius 3 is 3.00 bits per heavy atom. The van der Waals surface area contributed by atoms with Gasteiger partial charge in [0.2, 0.25) is 0 Å². The molecule has 4 rings (SSSR count). The van der Waals surface area contributed by atoms with Gasteiger partial charge in [0, 0.05) is 24.0 Å². The van der Waals surface area contributed by atoms with E-state index in [4.69, 9.17) is 0 Å². The minimum atomic E-state index is 0.0685. The van der Waals surface area contributed by atoms with Crippen molar-refractivity contribution in [1.82, 2.24) is 24.6 Å². The number of hydrogen-bond acceptors (Lipinski definition) is 3. The van der Waals surface area contributed by atoms with Crippen molar-refractivity contribution in [2.45, 2.75) is 26.3 Å². The Hall–Kier alpha value is -2.63. The largest absolute Gasteiger partial charge is 0.350 e. The third-order valence-electron chi connectivity index (χ3n) is 4.69. The number of rotatable bonds is 2. The quantitative estimate of drug-likeness (QED) is 0.791. The van der Waals surface area contributed by atoms with E-state index >= 15 is 0 Å². The Labute approximate surface area is 134 Å².